The van der Waals surface area contributed by atoms with E-state index in [4.69, 9.17) is 16.9 Å². The minimum absolute atomic E-state index is 0.274. The molecule has 0 N–H and O–H groups in total. The molecule has 0 unspecified atom stereocenters. The summed E-state index contributed by atoms with van der Waals surface area (Å²) in [5.74, 6) is 0.354. The van der Waals surface area contributed by atoms with Gasteiger partial charge >= 0.3 is 0 Å². The van der Waals surface area contributed by atoms with Gasteiger partial charge in [0.2, 0.25) is 0 Å². The predicted molar refractivity (Wildman–Crippen MR) is 96.8 cm³/mol. The summed E-state index contributed by atoms with van der Waals surface area (Å²) in [5.41, 5.74) is 5.27. The van der Waals surface area contributed by atoms with Gasteiger partial charge < -0.3 is 0 Å². The number of allylic oxidation sites excluding steroid dienone is 10. The van der Waals surface area contributed by atoms with E-state index in [1.54, 1.807) is 0 Å². The second kappa shape index (κ2) is 8.81. The molecule has 0 aromatic rings. The SMILES string of the molecule is CC1=C(/C=C/C(C)=C/C=C/C(=C/C#N)CCl)C(C)(C)CCC1. The second-order valence-corrected chi connectivity index (χ2v) is 6.78. The Kier molecular flexibility index (Phi) is 7.42. The lowest BCUT2D eigenvalue weighted by Gasteiger charge is -2.32. The summed E-state index contributed by atoms with van der Waals surface area (Å²) in [6, 6.07) is 2.00. The van der Waals surface area contributed by atoms with Gasteiger partial charge in [-0.15, -0.1) is 11.6 Å². The van der Waals surface area contributed by atoms with E-state index in [1.165, 1.54) is 42.1 Å². The van der Waals surface area contributed by atoms with E-state index >= 15 is 0 Å². The lowest BCUT2D eigenvalue weighted by atomic mass is 9.72. The average molecular weight is 316 g/mol. The molecule has 22 heavy (non-hydrogen) atoms. The third-order valence-corrected chi connectivity index (χ3v) is 4.44. The van der Waals surface area contributed by atoms with Crippen molar-refractivity contribution in [2.45, 2.75) is 47.0 Å². The lowest BCUT2D eigenvalue weighted by molar-refractivity contribution is 0.377. The Morgan fingerprint density at radius 3 is 2.68 bits per heavy atom. The van der Waals surface area contributed by atoms with Crippen LogP contribution in [0, 0.1) is 16.7 Å². The van der Waals surface area contributed by atoms with Crippen LogP contribution in [-0.4, -0.2) is 5.88 Å². The topological polar surface area (TPSA) is 23.8 Å². The molecule has 0 aromatic heterocycles. The van der Waals surface area contributed by atoms with Gasteiger partial charge in [0.1, 0.15) is 0 Å². The van der Waals surface area contributed by atoms with Crippen LogP contribution in [-0.2, 0) is 0 Å². The molecule has 1 aliphatic carbocycles. The summed E-state index contributed by atoms with van der Waals surface area (Å²) in [6.07, 6.45) is 15.5. The molecule has 0 fully saturated rings. The summed E-state index contributed by atoms with van der Waals surface area (Å²) in [5, 5.41) is 8.63. The zero-order valence-corrected chi connectivity index (χ0v) is 14.9. The molecular weight excluding hydrogens is 290 g/mol. The number of nitriles is 1. The monoisotopic (exact) mass is 315 g/mol. The molecule has 0 radical (unpaired) electrons. The number of nitrogens with zero attached hydrogens (tertiary/aromatic N) is 1. The maximum Gasteiger partial charge on any atom is 0.0915 e. The van der Waals surface area contributed by atoms with Crippen molar-refractivity contribution in [1.82, 2.24) is 0 Å². The Balaban J connectivity index is 2.82. The van der Waals surface area contributed by atoms with Gasteiger partial charge in [-0.2, -0.15) is 5.26 Å². The smallest absolute Gasteiger partial charge is 0.0915 e. The first-order chi connectivity index (χ1) is 10.4. The van der Waals surface area contributed by atoms with Crippen LogP contribution in [0.1, 0.15) is 47.0 Å². The van der Waals surface area contributed by atoms with E-state index in [0.29, 0.717) is 5.88 Å². The average Bonchev–Trinajstić information content (AvgIpc) is 2.45. The third kappa shape index (κ3) is 5.70. The molecule has 118 valence electrons. The molecule has 0 saturated carbocycles. The van der Waals surface area contributed by atoms with Crippen molar-refractivity contribution in [3.05, 3.63) is 58.7 Å². The number of halogens is 1. The molecule has 0 amide bonds. The van der Waals surface area contributed by atoms with Gasteiger partial charge in [-0.3, -0.25) is 0 Å². The Bertz CT molecular complexity index is 577. The number of rotatable bonds is 5. The third-order valence-electron chi connectivity index (χ3n) is 4.13. The van der Waals surface area contributed by atoms with Crippen molar-refractivity contribution < 1.29 is 0 Å². The summed E-state index contributed by atoms with van der Waals surface area (Å²) in [7, 11) is 0. The zero-order chi connectivity index (χ0) is 16.6. The first kappa shape index (κ1) is 18.5. The number of alkyl halides is 1. The molecule has 1 aliphatic rings. The normalized spacial score (nSPS) is 20.0. The van der Waals surface area contributed by atoms with Crippen LogP contribution < -0.4 is 0 Å². The standard InChI is InChI=1S/C20H26ClN/c1-16(7-5-9-18(15-21)12-14-22)10-11-19-17(2)8-6-13-20(19,3)4/h5,7,9-12H,6,8,13,15H2,1-4H3/b9-5+,11-10+,16-7+,18-12-. The van der Waals surface area contributed by atoms with Crippen molar-refractivity contribution in [2.75, 3.05) is 5.88 Å². The molecule has 0 heterocycles. The molecule has 0 spiro atoms. The fraction of sp³-hybridized carbons (Fsp3) is 0.450. The molecule has 0 atom stereocenters. The largest absolute Gasteiger partial charge is 0.193 e. The van der Waals surface area contributed by atoms with Gasteiger partial charge in [-0.1, -0.05) is 55.4 Å². The van der Waals surface area contributed by atoms with Crippen molar-refractivity contribution in [2.24, 2.45) is 5.41 Å². The fourth-order valence-electron chi connectivity index (χ4n) is 2.82. The van der Waals surface area contributed by atoms with Crippen LogP contribution >= 0.6 is 11.6 Å². The number of hydrogen-bond donors (Lipinski definition) is 0. The highest BCUT2D eigenvalue weighted by atomic mass is 35.5. The maximum atomic E-state index is 8.63. The molecule has 0 aromatic carbocycles. The molecule has 2 heteroatoms. The van der Waals surface area contributed by atoms with Crippen molar-refractivity contribution in [3.8, 4) is 6.07 Å². The molecule has 0 saturated heterocycles. The summed E-state index contributed by atoms with van der Waals surface area (Å²) < 4.78 is 0. The Morgan fingerprint density at radius 2 is 2.09 bits per heavy atom. The highest BCUT2D eigenvalue weighted by molar-refractivity contribution is 6.19. The molecule has 0 bridgehead atoms. The van der Waals surface area contributed by atoms with Gasteiger partial charge in [0.25, 0.3) is 0 Å². The van der Waals surface area contributed by atoms with E-state index in [9.17, 15) is 0 Å². The van der Waals surface area contributed by atoms with Gasteiger partial charge in [0.05, 0.1) is 6.07 Å². The van der Waals surface area contributed by atoms with E-state index < -0.39 is 0 Å². The summed E-state index contributed by atoms with van der Waals surface area (Å²) in [4.78, 5) is 0. The van der Waals surface area contributed by atoms with Gasteiger partial charge in [0.15, 0.2) is 0 Å². The first-order valence-electron chi connectivity index (χ1n) is 7.78. The molecule has 1 nitrogen and oxygen atoms in total. The van der Waals surface area contributed by atoms with Gasteiger partial charge in [-0.25, -0.2) is 0 Å². The fourth-order valence-corrected chi connectivity index (χ4v) is 2.98. The zero-order valence-electron chi connectivity index (χ0n) is 14.1. The highest BCUT2D eigenvalue weighted by Gasteiger charge is 2.26. The molecule has 1 rings (SSSR count). The van der Waals surface area contributed by atoms with E-state index in [0.717, 1.165) is 5.57 Å². The van der Waals surface area contributed by atoms with Crippen molar-refractivity contribution in [3.63, 3.8) is 0 Å². The Hall–Kier alpha value is -1.52. The highest BCUT2D eigenvalue weighted by Crippen LogP contribution is 2.40. The molecular formula is C20H26ClN. The molecule has 0 aliphatic heterocycles. The van der Waals surface area contributed by atoms with Crippen molar-refractivity contribution >= 4 is 11.6 Å². The van der Waals surface area contributed by atoms with E-state index in [2.05, 4.69) is 39.8 Å². The van der Waals surface area contributed by atoms with Crippen LogP contribution in [0.4, 0.5) is 0 Å². The minimum atomic E-state index is 0.274. The first-order valence-corrected chi connectivity index (χ1v) is 8.32. The van der Waals surface area contributed by atoms with Gasteiger partial charge in [0, 0.05) is 12.0 Å². The van der Waals surface area contributed by atoms with Crippen LogP contribution in [0.3, 0.4) is 0 Å². The predicted octanol–water partition coefficient (Wildman–Crippen LogP) is 6.26. The van der Waals surface area contributed by atoms with Crippen LogP contribution in [0.5, 0.6) is 0 Å². The van der Waals surface area contributed by atoms with Gasteiger partial charge in [-0.05, 0) is 49.7 Å². The maximum absolute atomic E-state index is 8.63. The van der Waals surface area contributed by atoms with Crippen molar-refractivity contribution in [1.29, 1.82) is 5.26 Å². The second-order valence-electron chi connectivity index (χ2n) is 6.52. The van der Waals surface area contributed by atoms with Crippen LogP contribution in [0.15, 0.2) is 58.7 Å². The van der Waals surface area contributed by atoms with Crippen LogP contribution in [0.25, 0.3) is 0 Å². The number of hydrogen-bond acceptors (Lipinski definition) is 1. The summed E-state index contributed by atoms with van der Waals surface area (Å²) >= 11 is 5.76. The van der Waals surface area contributed by atoms with E-state index in [1.807, 2.05) is 24.3 Å². The Morgan fingerprint density at radius 1 is 1.36 bits per heavy atom. The lowest BCUT2D eigenvalue weighted by Crippen LogP contribution is -2.19. The quantitative estimate of drug-likeness (QED) is 0.333. The Labute approximate surface area is 140 Å². The minimum Gasteiger partial charge on any atom is -0.193 e. The van der Waals surface area contributed by atoms with Crippen LogP contribution in [0.2, 0.25) is 0 Å². The summed E-state index contributed by atoms with van der Waals surface area (Å²) in [6.45, 7) is 8.99. The van der Waals surface area contributed by atoms with E-state index in [-0.39, 0.29) is 5.41 Å².